The Bertz CT molecular complexity index is 1090. The average molecular weight is 459 g/mol. The SMILES string of the molecule is Cc1cnc(C(=O)N[C@@H](C)C2CC2)c(N2CC[C@](C)(NC(=O)O)C2)c1-c1cc(F)cc(F)c1. The van der Waals surface area contributed by atoms with E-state index in [9.17, 15) is 23.5 Å². The second-order valence-electron chi connectivity index (χ2n) is 9.43. The van der Waals surface area contributed by atoms with Crippen molar-refractivity contribution in [1.29, 1.82) is 0 Å². The van der Waals surface area contributed by atoms with Crippen LogP contribution in [0.4, 0.5) is 19.3 Å². The summed E-state index contributed by atoms with van der Waals surface area (Å²) in [5, 5.41) is 14.8. The van der Waals surface area contributed by atoms with Crippen LogP contribution in [0, 0.1) is 24.5 Å². The van der Waals surface area contributed by atoms with Gasteiger partial charge in [0.05, 0.1) is 11.2 Å². The molecule has 2 aromatic rings. The Morgan fingerprint density at radius 3 is 2.52 bits per heavy atom. The summed E-state index contributed by atoms with van der Waals surface area (Å²) in [6.45, 7) is 6.25. The summed E-state index contributed by atoms with van der Waals surface area (Å²) in [5.74, 6) is -1.37. The van der Waals surface area contributed by atoms with Crippen LogP contribution in [0.5, 0.6) is 0 Å². The first kappa shape index (κ1) is 22.9. The van der Waals surface area contributed by atoms with E-state index in [1.165, 1.54) is 18.3 Å². The van der Waals surface area contributed by atoms with Crippen LogP contribution in [-0.2, 0) is 0 Å². The molecule has 0 radical (unpaired) electrons. The summed E-state index contributed by atoms with van der Waals surface area (Å²) in [6, 6.07) is 3.25. The fourth-order valence-electron chi connectivity index (χ4n) is 4.63. The molecule has 0 spiro atoms. The maximum absolute atomic E-state index is 14.1. The zero-order valence-electron chi connectivity index (χ0n) is 18.9. The summed E-state index contributed by atoms with van der Waals surface area (Å²) in [6.07, 6.45) is 3.03. The summed E-state index contributed by atoms with van der Waals surface area (Å²) in [4.78, 5) is 30.9. The van der Waals surface area contributed by atoms with Crippen molar-refractivity contribution in [1.82, 2.24) is 15.6 Å². The topological polar surface area (TPSA) is 94.6 Å². The Hall–Kier alpha value is -3.23. The van der Waals surface area contributed by atoms with Crippen molar-refractivity contribution in [2.45, 2.75) is 51.6 Å². The molecule has 2 heterocycles. The van der Waals surface area contributed by atoms with Gasteiger partial charge >= 0.3 is 6.09 Å². The van der Waals surface area contributed by atoms with Crippen LogP contribution in [0.15, 0.2) is 24.4 Å². The van der Waals surface area contributed by atoms with E-state index in [1.54, 1.807) is 13.8 Å². The Morgan fingerprint density at radius 1 is 1.24 bits per heavy atom. The van der Waals surface area contributed by atoms with Crippen LogP contribution in [-0.4, -0.2) is 46.8 Å². The molecule has 1 aliphatic carbocycles. The van der Waals surface area contributed by atoms with Crippen LogP contribution in [0.25, 0.3) is 11.1 Å². The van der Waals surface area contributed by atoms with Crippen LogP contribution >= 0.6 is 0 Å². The molecule has 176 valence electrons. The third kappa shape index (κ3) is 4.91. The average Bonchev–Trinajstić information content (AvgIpc) is 3.49. The largest absolute Gasteiger partial charge is 0.465 e. The molecule has 3 N–H and O–H groups in total. The first-order valence-corrected chi connectivity index (χ1v) is 11.1. The lowest BCUT2D eigenvalue weighted by Crippen LogP contribution is -2.47. The standard InChI is InChI=1S/C24H28F2N4O3/c1-13-11-27-20(22(31)28-14(2)15-4-5-15)21(19(13)16-8-17(25)10-18(26)9-16)30-7-6-24(3,12-30)29-23(32)33/h8-11,14-15,29H,4-7,12H2,1-3H3,(H,28,31)(H,32,33)/t14-,24-/m0/s1. The third-order valence-electron chi connectivity index (χ3n) is 6.50. The van der Waals surface area contributed by atoms with Crippen LogP contribution in [0.3, 0.4) is 0 Å². The number of nitrogens with one attached hydrogen (secondary N) is 2. The Labute approximate surface area is 191 Å². The molecule has 33 heavy (non-hydrogen) atoms. The van der Waals surface area contributed by atoms with E-state index in [4.69, 9.17) is 0 Å². The number of hydrogen-bond donors (Lipinski definition) is 3. The molecule has 4 rings (SSSR count). The Morgan fingerprint density at radius 2 is 1.91 bits per heavy atom. The number of aryl methyl sites for hydroxylation is 1. The number of nitrogens with zero attached hydrogens (tertiary/aromatic N) is 2. The zero-order chi connectivity index (χ0) is 23.9. The summed E-state index contributed by atoms with van der Waals surface area (Å²) >= 11 is 0. The Balaban J connectivity index is 1.82. The molecule has 1 aliphatic heterocycles. The van der Waals surface area contributed by atoms with Gasteiger partial charge in [-0.05, 0) is 69.2 Å². The number of amides is 2. The molecule has 1 aromatic carbocycles. The maximum atomic E-state index is 14.1. The van der Waals surface area contributed by atoms with Gasteiger partial charge in [0.2, 0.25) is 0 Å². The molecular weight excluding hydrogens is 430 g/mol. The monoisotopic (exact) mass is 458 g/mol. The van der Waals surface area contributed by atoms with Crippen molar-refractivity contribution in [3.05, 3.63) is 47.3 Å². The van der Waals surface area contributed by atoms with E-state index in [2.05, 4.69) is 15.6 Å². The van der Waals surface area contributed by atoms with Gasteiger partial charge < -0.3 is 20.6 Å². The van der Waals surface area contributed by atoms with Crippen molar-refractivity contribution in [2.75, 3.05) is 18.0 Å². The van der Waals surface area contributed by atoms with E-state index < -0.39 is 23.3 Å². The fraction of sp³-hybridized carbons (Fsp3) is 0.458. The van der Waals surface area contributed by atoms with Gasteiger partial charge in [0.25, 0.3) is 5.91 Å². The van der Waals surface area contributed by atoms with Gasteiger partial charge in [0.1, 0.15) is 11.6 Å². The highest BCUT2D eigenvalue weighted by molar-refractivity contribution is 6.02. The molecule has 7 nitrogen and oxygen atoms in total. The number of pyridine rings is 1. The summed E-state index contributed by atoms with van der Waals surface area (Å²) < 4.78 is 28.2. The zero-order valence-corrected chi connectivity index (χ0v) is 18.9. The first-order valence-electron chi connectivity index (χ1n) is 11.1. The minimum atomic E-state index is -1.13. The molecule has 2 fully saturated rings. The van der Waals surface area contributed by atoms with Gasteiger partial charge in [-0.3, -0.25) is 4.79 Å². The number of aromatic nitrogens is 1. The molecular formula is C24H28F2N4O3. The molecule has 9 heteroatoms. The van der Waals surface area contributed by atoms with E-state index >= 15 is 0 Å². The van der Waals surface area contributed by atoms with E-state index in [1.807, 2.05) is 11.8 Å². The molecule has 2 atom stereocenters. The highest BCUT2D eigenvalue weighted by Gasteiger charge is 2.39. The van der Waals surface area contributed by atoms with E-state index in [0.717, 1.165) is 18.9 Å². The number of rotatable bonds is 6. The van der Waals surface area contributed by atoms with Crippen molar-refractivity contribution in [3.8, 4) is 11.1 Å². The number of anilines is 1. The molecule has 0 bridgehead atoms. The van der Waals surface area contributed by atoms with Gasteiger partial charge in [0, 0.05) is 37.0 Å². The van der Waals surface area contributed by atoms with Gasteiger partial charge in [-0.25, -0.2) is 18.6 Å². The van der Waals surface area contributed by atoms with E-state index in [0.29, 0.717) is 41.3 Å². The molecule has 1 saturated carbocycles. The molecule has 1 aromatic heterocycles. The Kier molecular flexibility index (Phi) is 5.99. The third-order valence-corrected chi connectivity index (χ3v) is 6.50. The quantitative estimate of drug-likeness (QED) is 0.606. The van der Waals surface area contributed by atoms with E-state index in [-0.39, 0.29) is 24.2 Å². The lowest BCUT2D eigenvalue weighted by molar-refractivity contribution is 0.0931. The van der Waals surface area contributed by atoms with Gasteiger partial charge in [-0.2, -0.15) is 0 Å². The van der Waals surface area contributed by atoms with Gasteiger partial charge in [-0.15, -0.1) is 0 Å². The van der Waals surface area contributed by atoms with Crippen LogP contribution < -0.4 is 15.5 Å². The second-order valence-corrected chi connectivity index (χ2v) is 9.43. The number of halogens is 2. The lowest BCUT2D eigenvalue weighted by atomic mass is 9.97. The smallest absolute Gasteiger partial charge is 0.405 e. The van der Waals surface area contributed by atoms with Crippen molar-refractivity contribution in [3.63, 3.8) is 0 Å². The predicted octanol–water partition coefficient (Wildman–Crippen LogP) is 4.10. The fourth-order valence-corrected chi connectivity index (χ4v) is 4.63. The number of carbonyl (C=O) groups is 2. The number of carboxylic acid groups (broad SMARTS) is 1. The number of hydrogen-bond acceptors (Lipinski definition) is 4. The molecule has 2 aliphatic rings. The number of benzene rings is 1. The molecule has 2 amide bonds. The highest BCUT2D eigenvalue weighted by atomic mass is 19.1. The van der Waals surface area contributed by atoms with Gasteiger partial charge in [0.15, 0.2) is 5.69 Å². The minimum Gasteiger partial charge on any atom is -0.465 e. The molecule has 1 saturated heterocycles. The second kappa shape index (κ2) is 8.61. The summed E-state index contributed by atoms with van der Waals surface area (Å²) in [5.41, 5.74) is 1.33. The predicted molar refractivity (Wildman–Crippen MR) is 120 cm³/mol. The first-order chi connectivity index (χ1) is 15.6. The normalized spacial score (nSPS) is 21.1. The maximum Gasteiger partial charge on any atom is 0.405 e. The molecule has 0 unspecified atom stereocenters. The van der Waals surface area contributed by atoms with Crippen LogP contribution in [0.2, 0.25) is 0 Å². The van der Waals surface area contributed by atoms with Crippen molar-refractivity contribution < 1.29 is 23.5 Å². The van der Waals surface area contributed by atoms with Crippen LogP contribution in [0.1, 0.15) is 49.2 Å². The minimum absolute atomic E-state index is 0.0129. The summed E-state index contributed by atoms with van der Waals surface area (Å²) in [7, 11) is 0. The highest BCUT2D eigenvalue weighted by Crippen LogP contribution is 2.40. The number of carbonyl (C=O) groups excluding carboxylic acids is 1. The lowest BCUT2D eigenvalue weighted by Gasteiger charge is -2.29. The van der Waals surface area contributed by atoms with Crippen molar-refractivity contribution in [2.24, 2.45) is 5.92 Å². The van der Waals surface area contributed by atoms with Gasteiger partial charge in [-0.1, -0.05) is 0 Å². The van der Waals surface area contributed by atoms with Crippen molar-refractivity contribution >= 4 is 17.7 Å².